The van der Waals surface area contributed by atoms with Crippen LogP contribution in [0.25, 0.3) is 0 Å². The first-order chi connectivity index (χ1) is 7.39. The van der Waals surface area contributed by atoms with Crippen LogP contribution in [0.3, 0.4) is 0 Å². The second-order valence-corrected chi connectivity index (χ2v) is 3.37. The Balaban J connectivity index is 4.35. The molecule has 0 amide bonds. The fourth-order valence-corrected chi connectivity index (χ4v) is 0.993. The highest BCUT2D eigenvalue weighted by Crippen LogP contribution is 2.20. The average Bonchev–Trinajstić information content (AvgIpc) is 2.15. The van der Waals surface area contributed by atoms with Gasteiger partial charge in [0.15, 0.2) is 0 Å². The third-order valence-corrected chi connectivity index (χ3v) is 1.82. The number of hydrogen-bond donors (Lipinski definition) is 1. The van der Waals surface area contributed by atoms with E-state index in [0.29, 0.717) is 5.70 Å². The van der Waals surface area contributed by atoms with Gasteiger partial charge in [0.25, 0.3) is 0 Å². The quantitative estimate of drug-likeness (QED) is 0.674. The van der Waals surface area contributed by atoms with Gasteiger partial charge in [0.2, 0.25) is 0 Å². The predicted octanol–water partition coefficient (Wildman–Crippen LogP) is 4.30. The second-order valence-electron chi connectivity index (χ2n) is 3.37. The Kier molecular flexibility index (Phi) is 6.61. The molecule has 1 nitrogen and oxygen atoms in total. The molecule has 0 aliphatic rings. The van der Waals surface area contributed by atoms with Gasteiger partial charge in [-0.2, -0.15) is 13.2 Å². The van der Waals surface area contributed by atoms with Crippen molar-refractivity contribution < 1.29 is 13.2 Å². The zero-order chi connectivity index (χ0) is 12.6. The van der Waals surface area contributed by atoms with E-state index < -0.39 is 12.6 Å². The summed E-state index contributed by atoms with van der Waals surface area (Å²) in [7, 11) is 0. The van der Waals surface area contributed by atoms with Gasteiger partial charge >= 0.3 is 6.18 Å². The fourth-order valence-electron chi connectivity index (χ4n) is 0.993. The molecule has 0 saturated carbocycles. The highest BCUT2D eigenvalue weighted by atomic mass is 19.4. The summed E-state index contributed by atoms with van der Waals surface area (Å²) in [6.07, 6.45) is 0.830. The smallest absolute Gasteiger partial charge is 0.360 e. The Bertz CT molecular complexity index is 274. The average molecular weight is 233 g/mol. The molecule has 0 saturated heterocycles. The van der Waals surface area contributed by atoms with Crippen LogP contribution in [0.2, 0.25) is 0 Å². The van der Waals surface area contributed by atoms with Gasteiger partial charge in [-0.1, -0.05) is 32.6 Å². The highest BCUT2D eigenvalue weighted by molar-refractivity contribution is 5.21. The van der Waals surface area contributed by atoms with Crippen molar-refractivity contribution in [3.8, 4) is 0 Å². The summed E-state index contributed by atoms with van der Waals surface area (Å²) >= 11 is 0. The summed E-state index contributed by atoms with van der Waals surface area (Å²) in [4.78, 5) is 0. The number of rotatable bonds is 6. The molecule has 0 aliphatic heterocycles. The summed E-state index contributed by atoms with van der Waals surface area (Å²) in [5.41, 5.74) is 1.45. The maximum absolute atomic E-state index is 11.9. The molecule has 0 aromatic heterocycles. The van der Waals surface area contributed by atoms with Crippen LogP contribution in [-0.4, -0.2) is 6.18 Å². The molecule has 92 valence electrons. The molecular formula is C12H18F3N. The molecule has 0 aromatic rings. The van der Waals surface area contributed by atoms with Crippen LogP contribution >= 0.6 is 0 Å². The van der Waals surface area contributed by atoms with Crippen molar-refractivity contribution in [2.24, 2.45) is 0 Å². The zero-order valence-electron chi connectivity index (χ0n) is 9.69. The molecule has 0 atom stereocenters. The molecule has 16 heavy (non-hydrogen) atoms. The lowest BCUT2D eigenvalue weighted by Gasteiger charge is -2.08. The zero-order valence-corrected chi connectivity index (χ0v) is 9.69. The Morgan fingerprint density at radius 1 is 1.31 bits per heavy atom. The van der Waals surface area contributed by atoms with E-state index in [1.54, 1.807) is 0 Å². The van der Waals surface area contributed by atoms with Crippen molar-refractivity contribution >= 4 is 0 Å². The number of halogens is 3. The van der Waals surface area contributed by atoms with Gasteiger partial charge in [-0.25, -0.2) is 0 Å². The minimum atomic E-state index is -4.14. The van der Waals surface area contributed by atoms with E-state index in [4.69, 9.17) is 0 Å². The van der Waals surface area contributed by atoms with E-state index in [1.807, 2.05) is 19.9 Å². The SMILES string of the molecule is C=C(CC)NC(/C=C\CC(F)(F)F)=C/CC. The number of alkyl halides is 3. The van der Waals surface area contributed by atoms with Crippen LogP contribution in [0, 0.1) is 0 Å². The van der Waals surface area contributed by atoms with Crippen LogP contribution in [-0.2, 0) is 0 Å². The number of nitrogens with one attached hydrogen (secondary N) is 1. The first kappa shape index (κ1) is 14.8. The Hall–Kier alpha value is -1.19. The van der Waals surface area contributed by atoms with Gasteiger partial charge in [0.1, 0.15) is 0 Å². The molecule has 1 N–H and O–H groups in total. The van der Waals surface area contributed by atoms with E-state index in [-0.39, 0.29) is 0 Å². The summed E-state index contributed by atoms with van der Waals surface area (Å²) in [5, 5.41) is 2.97. The van der Waals surface area contributed by atoms with Gasteiger partial charge in [0.05, 0.1) is 6.42 Å². The van der Waals surface area contributed by atoms with Crippen LogP contribution in [0.15, 0.2) is 36.2 Å². The summed E-state index contributed by atoms with van der Waals surface area (Å²) in [5.74, 6) is 0. The van der Waals surface area contributed by atoms with E-state index in [1.165, 1.54) is 6.08 Å². The minimum absolute atomic E-state index is 0.665. The van der Waals surface area contributed by atoms with Crippen molar-refractivity contribution in [1.82, 2.24) is 5.32 Å². The van der Waals surface area contributed by atoms with Crippen LogP contribution in [0.5, 0.6) is 0 Å². The van der Waals surface area contributed by atoms with Gasteiger partial charge in [0, 0.05) is 11.4 Å². The molecule has 0 unspecified atom stereocenters. The molecular weight excluding hydrogens is 215 g/mol. The van der Waals surface area contributed by atoms with Crippen molar-refractivity contribution in [2.45, 2.75) is 39.3 Å². The third kappa shape index (κ3) is 8.15. The molecule has 0 heterocycles. The maximum atomic E-state index is 11.9. The molecule has 0 spiro atoms. The van der Waals surface area contributed by atoms with Gasteiger partial charge in [-0.15, -0.1) is 0 Å². The molecule has 0 aromatic carbocycles. The standard InChI is InChI=1S/C12H18F3N/c1-4-7-11(16-10(3)5-2)8-6-9-12(13,14)15/h6-8,16H,3-5,9H2,1-2H3/b8-6-,11-7+. The van der Waals surface area contributed by atoms with Crippen LogP contribution in [0.1, 0.15) is 33.1 Å². The summed E-state index contributed by atoms with van der Waals surface area (Å²) in [6, 6.07) is 0. The molecule has 0 aliphatic carbocycles. The lowest BCUT2D eigenvalue weighted by Crippen LogP contribution is -2.10. The number of hydrogen-bond acceptors (Lipinski definition) is 1. The van der Waals surface area contributed by atoms with Crippen LogP contribution in [0.4, 0.5) is 13.2 Å². The van der Waals surface area contributed by atoms with E-state index in [2.05, 4.69) is 11.9 Å². The molecule has 0 fully saturated rings. The monoisotopic (exact) mass is 233 g/mol. The Morgan fingerprint density at radius 2 is 1.94 bits per heavy atom. The van der Waals surface area contributed by atoms with Gasteiger partial charge in [-0.3, -0.25) is 0 Å². The first-order valence-corrected chi connectivity index (χ1v) is 5.27. The Labute approximate surface area is 94.7 Å². The highest BCUT2D eigenvalue weighted by Gasteiger charge is 2.24. The normalized spacial score (nSPS) is 13.2. The van der Waals surface area contributed by atoms with Crippen molar-refractivity contribution in [1.29, 1.82) is 0 Å². The molecule has 4 heteroatoms. The lowest BCUT2D eigenvalue weighted by atomic mass is 10.2. The lowest BCUT2D eigenvalue weighted by molar-refractivity contribution is -0.125. The van der Waals surface area contributed by atoms with E-state index >= 15 is 0 Å². The van der Waals surface area contributed by atoms with Gasteiger partial charge < -0.3 is 5.32 Å². The van der Waals surface area contributed by atoms with Gasteiger partial charge in [-0.05, 0) is 18.9 Å². The molecule has 0 radical (unpaired) electrons. The van der Waals surface area contributed by atoms with E-state index in [0.717, 1.165) is 24.6 Å². The maximum Gasteiger partial charge on any atom is 0.392 e. The Morgan fingerprint density at radius 3 is 2.38 bits per heavy atom. The second kappa shape index (κ2) is 7.14. The van der Waals surface area contributed by atoms with Crippen molar-refractivity contribution in [2.75, 3.05) is 0 Å². The summed E-state index contributed by atoms with van der Waals surface area (Å²) < 4.78 is 35.7. The topological polar surface area (TPSA) is 12.0 Å². The molecule has 0 rings (SSSR count). The van der Waals surface area contributed by atoms with E-state index in [9.17, 15) is 13.2 Å². The summed E-state index contributed by atoms with van der Waals surface area (Å²) in [6.45, 7) is 7.60. The minimum Gasteiger partial charge on any atom is -0.360 e. The number of allylic oxidation sites excluding steroid dienone is 4. The van der Waals surface area contributed by atoms with Crippen molar-refractivity contribution in [3.63, 3.8) is 0 Å². The first-order valence-electron chi connectivity index (χ1n) is 5.27. The largest absolute Gasteiger partial charge is 0.392 e. The predicted molar refractivity (Wildman–Crippen MR) is 60.8 cm³/mol. The fraction of sp³-hybridized carbons (Fsp3) is 0.500. The molecule has 0 bridgehead atoms. The van der Waals surface area contributed by atoms with Crippen molar-refractivity contribution in [3.05, 3.63) is 36.2 Å². The van der Waals surface area contributed by atoms with Crippen LogP contribution < -0.4 is 5.32 Å². The third-order valence-electron chi connectivity index (χ3n) is 1.82.